The highest BCUT2D eigenvalue weighted by molar-refractivity contribution is 7.13. The van der Waals surface area contributed by atoms with Crippen LogP contribution in [0.1, 0.15) is 16.8 Å². The highest BCUT2D eigenvalue weighted by atomic mass is 32.1. The molecule has 5 nitrogen and oxygen atoms in total. The van der Waals surface area contributed by atoms with Crippen LogP contribution in [0.3, 0.4) is 0 Å². The van der Waals surface area contributed by atoms with Crippen LogP contribution in [0.2, 0.25) is 0 Å². The highest BCUT2D eigenvalue weighted by Crippen LogP contribution is 2.27. The third kappa shape index (κ3) is 3.19. The lowest BCUT2D eigenvalue weighted by Crippen LogP contribution is -2.41. The van der Waals surface area contributed by atoms with Gasteiger partial charge in [0, 0.05) is 37.6 Å². The minimum absolute atomic E-state index is 0.0284. The zero-order chi connectivity index (χ0) is 16.5. The first-order chi connectivity index (χ1) is 11.7. The zero-order valence-electron chi connectivity index (χ0n) is 13.6. The van der Waals surface area contributed by atoms with Gasteiger partial charge in [-0.1, -0.05) is 24.3 Å². The third-order valence-corrected chi connectivity index (χ3v) is 6.00. The van der Waals surface area contributed by atoms with E-state index in [1.54, 1.807) is 11.3 Å². The molecule has 1 fully saturated rings. The summed E-state index contributed by atoms with van der Waals surface area (Å²) in [6.07, 6.45) is 1.78. The molecule has 0 bridgehead atoms. The molecule has 2 N–H and O–H groups in total. The monoisotopic (exact) mass is 345 g/mol. The molecule has 1 aromatic heterocycles. The van der Waals surface area contributed by atoms with E-state index in [0.717, 1.165) is 31.1 Å². The van der Waals surface area contributed by atoms with Crippen LogP contribution in [0.4, 0.5) is 5.13 Å². The fraction of sp³-hybridized carbons (Fsp3) is 0.500. The second kappa shape index (κ2) is 6.80. The Labute approximate surface area is 146 Å². The van der Waals surface area contributed by atoms with Gasteiger partial charge >= 0.3 is 0 Å². The number of aliphatic hydroxyl groups is 2. The maximum Gasteiger partial charge on any atom is 0.185 e. The summed E-state index contributed by atoms with van der Waals surface area (Å²) in [5.41, 5.74) is 3.60. The van der Waals surface area contributed by atoms with E-state index in [-0.39, 0.29) is 12.7 Å². The predicted octanol–water partition coefficient (Wildman–Crippen LogP) is 1.29. The number of hydrogen-bond donors (Lipinski definition) is 2. The largest absolute Gasteiger partial charge is 0.390 e. The molecule has 1 atom stereocenters. The molecule has 2 aliphatic rings. The van der Waals surface area contributed by atoms with Crippen molar-refractivity contribution in [3.05, 3.63) is 46.5 Å². The Morgan fingerprint density at radius 3 is 2.54 bits per heavy atom. The fourth-order valence-electron chi connectivity index (χ4n) is 3.83. The lowest BCUT2D eigenvalue weighted by Gasteiger charge is -2.28. The molecule has 4 rings (SSSR count). The summed E-state index contributed by atoms with van der Waals surface area (Å²) in [7, 11) is 0. The van der Waals surface area contributed by atoms with Gasteiger partial charge in [-0.3, -0.25) is 4.90 Å². The van der Waals surface area contributed by atoms with Crippen molar-refractivity contribution in [2.24, 2.45) is 0 Å². The summed E-state index contributed by atoms with van der Waals surface area (Å²) < 4.78 is 0. The molecule has 1 unspecified atom stereocenters. The summed E-state index contributed by atoms with van der Waals surface area (Å²) in [5.74, 6) is 0. The van der Waals surface area contributed by atoms with Crippen LogP contribution >= 0.6 is 11.3 Å². The number of thiazole rings is 1. The number of fused-ring (bicyclic) bond motifs is 1. The lowest BCUT2D eigenvalue weighted by atomic mass is 10.1. The maximum absolute atomic E-state index is 10.5. The van der Waals surface area contributed by atoms with Crippen molar-refractivity contribution in [1.82, 2.24) is 9.88 Å². The molecule has 2 heterocycles. The molecule has 0 amide bonds. The summed E-state index contributed by atoms with van der Waals surface area (Å²) in [6, 6.07) is 9.16. The van der Waals surface area contributed by atoms with Crippen LogP contribution in [0.15, 0.2) is 29.6 Å². The van der Waals surface area contributed by atoms with Gasteiger partial charge in [-0.05, 0) is 24.0 Å². The normalized spacial score (nSPS) is 22.6. The Bertz CT molecular complexity index is 680. The molecule has 1 aliphatic heterocycles. The quantitative estimate of drug-likeness (QED) is 0.878. The van der Waals surface area contributed by atoms with E-state index in [2.05, 4.69) is 39.0 Å². The van der Waals surface area contributed by atoms with Crippen LogP contribution in [0, 0.1) is 0 Å². The first-order valence-electron chi connectivity index (χ1n) is 8.52. The lowest BCUT2D eigenvalue weighted by molar-refractivity contribution is 0.109. The maximum atomic E-state index is 10.5. The van der Waals surface area contributed by atoms with E-state index < -0.39 is 0 Å². The van der Waals surface area contributed by atoms with E-state index in [1.165, 1.54) is 11.1 Å². The van der Waals surface area contributed by atoms with Gasteiger partial charge in [0.15, 0.2) is 5.13 Å². The average molecular weight is 345 g/mol. The van der Waals surface area contributed by atoms with Gasteiger partial charge in [0.2, 0.25) is 0 Å². The van der Waals surface area contributed by atoms with E-state index in [4.69, 9.17) is 0 Å². The van der Waals surface area contributed by atoms with Gasteiger partial charge in [-0.15, -0.1) is 11.3 Å². The summed E-state index contributed by atoms with van der Waals surface area (Å²) in [4.78, 5) is 9.03. The summed E-state index contributed by atoms with van der Waals surface area (Å²) >= 11 is 1.54. The van der Waals surface area contributed by atoms with Crippen molar-refractivity contribution in [3.8, 4) is 0 Å². The van der Waals surface area contributed by atoms with E-state index in [1.807, 2.05) is 5.38 Å². The Morgan fingerprint density at radius 2 is 1.88 bits per heavy atom. The van der Waals surface area contributed by atoms with Crippen molar-refractivity contribution in [1.29, 1.82) is 0 Å². The molecule has 2 aromatic rings. The van der Waals surface area contributed by atoms with Crippen molar-refractivity contribution in [3.63, 3.8) is 0 Å². The zero-order valence-corrected chi connectivity index (χ0v) is 14.5. The predicted molar refractivity (Wildman–Crippen MR) is 95.5 cm³/mol. The molecule has 24 heavy (non-hydrogen) atoms. The minimum atomic E-state index is -0.377. The van der Waals surface area contributed by atoms with Crippen molar-refractivity contribution in [2.75, 3.05) is 31.1 Å². The Morgan fingerprint density at radius 1 is 1.12 bits per heavy atom. The Kier molecular flexibility index (Phi) is 4.54. The molecule has 1 saturated heterocycles. The topological polar surface area (TPSA) is 59.8 Å². The molecule has 0 saturated carbocycles. The second-order valence-corrected chi connectivity index (χ2v) is 7.54. The number of β-amino-alcohol motifs (C(OH)–C–C–N with tert-alkyl or cyclic N) is 1. The van der Waals surface area contributed by atoms with Gasteiger partial charge in [-0.2, -0.15) is 0 Å². The second-order valence-electron chi connectivity index (χ2n) is 6.71. The van der Waals surface area contributed by atoms with Gasteiger partial charge in [0.05, 0.1) is 18.4 Å². The average Bonchev–Trinajstić information content (AvgIpc) is 3.19. The molecule has 6 heteroatoms. The minimum Gasteiger partial charge on any atom is -0.390 e. The summed E-state index contributed by atoms with van der Waals surface area (Å²) in [5, 5.41) is 22.5. The molecule has 128 valence electrons. The standard InChI is InChI=1S/C18H23N3O2S/c22-11-15-12-24-18(19-15)21-6-5-20(9-17(23)10-21)16-7-13-3-1-2-4-14(13)8-16/h1-4,12,16-17,22-23H,5-11H2. The third-order valence-electron chi connectivity index (χ3n) is 5.05. The van der Waals surface area contributed by atoms with Crippen LogP contribution in [-0.4, -0.2) is 58.4 Å². The first kappa shape index (κ1) is 16.0. The smallest absolute Gasteiger partial charge is 0.185 e. The fourth-order valence-corrected chi connectivity index (χ4v) is 4.68. The van der Waals surface area contributed by atoms with E-state index in [9.17, 15) is 10.2 Å². The molecular weight excluding hydrogens is 322 g/mol. The Hall–Kier alpha value is -1.47. The summed E-state index contributed by atoms with van der Waals surface area (Å²) in [6.45, 7) is 3.09. The van der Waals surface area contributed by atoms with Crippen LogP contribution < -0.4 is 4.90 Å². The number of aliphatic hydroxyl groups excluding tert-OH is 2. The van der Waals surface area contributed by atoms with Crippen molar-refractivity contribution >= 4 is 16.5 Å². The highest BCUT2D eigenvalue weighted by Gasteiger charge is 2.31. The number of nitrogens with zero attached hydrogens (tertiary/aromatic N) is 3. The van der Waals surface area contributed by atoms with E-state index in [0.29, 0.717) is 24.8 Å². The SMILES string of the molecule is OCc1csc(N2CCN(C3Cc4ccccc4C3)CC(O)C2)n1. The van der Waals surface area contributed by atoms with Crippen molar-refractivity contribution in [2.45, 2.75) is 31.6 Å². The molecule has 1 aliphatic carbocycles. The van der Waals surface area contributed by atoms with Gasteiger partial charge in [0.25, 0.3) is 0 Å². The van der Waals surface area contributed by atoms with Gasteiger partial charge < -0.3 is 15.1 Å². The van der Waals surface area contributed by atoms with Crippen LogP contribution in [-0.2, 0) is 19.4 Å². The molecule has 0 radical (unpaired) electrons. The molecular formula is C18H23N3O2S. The van der Waals surface area contributed by atoms with Gasteiger partial charge in [0.1, 0.15) is 0 Å². The Balaban J connectivity index is 1.45. The van der Waals surface area contributed by atoms with Crippen LogP contribution in [0.5, 0.6) is 0 Å². The van der Waals surface area contributed by atoms with Crippen LogP contribution in [0.25, 0.3) is 0 Å². The molecule has 1 aromatic carbocycles. The number of hydrogen-bond acceptors (Lipinski definition) is 6. The first-order valence-corrected chi connectivity index (χ1v) is 9.40. The molecule has 0 spiro atoms. The van der Waals surface area contributed by atoms with Gasteiger partial charge in [-0.25, -0.2) is 4.98 Å². The number of aromatic nitrogens is 1. The van der Waals surface area contributed by atoms with E-state index >= 15 is 0 Å². The number of rotatable bonds is 3. The number of anilines is 1. The number of benzene rings is 1. The van der Waals surface area contributed by atoms with Crippen molar-refractivity contribution < 1.29 is 10.2 Å².